The molecular weight excluding hydrogens is 120 g/mol. The summed E-state index contributed by atoms with van der Waals surface area (Å²) in [6, 6.07) is -0.580. The van der Waals surface area contributed by atoms with E-state index < -0.39 is 6.03 Å². The van der Waals surface area contributed by atoms with Crippen LogP contribution < -0.4 is 11.1 Å². The molecule has 0 fully saturated rings. The number of primary amides is 1. The summed E-state index contributed by atoms with van der Waals surface area (Å²) >= 11 is 0. The van der Waals surface area contributed by atoms with Gasteiger partial charge in [-0.05, 0) is 13.3 Å². The van der Waals surface area contributed by atoms with Gasteiger partial charge in [0.2, 0.25) is 0 Å². The topological polar surface area (TPSA) is 75.3 Å². The molecule has 4 nitrogen and oxygen atoms in total. The molecule has 4 heteroatoms. The molecule has 0 heterocycles. The molecular formula is C5H12N2O2. The van der Waals surface area contributed by atoms with Crippen LogP contribution in [0.4, 0.5) is 4.79 Å². The number of hydrogen-bond acceptors (Lipinski definition) is 2. The standard InChI is InChI=1S/C5H12N2O2/c1-4(2-3-8)7-5(6)9/h4,8H,2-3H2,1H3,(H3,6,7,9)/t4-/m1/s1. The Bertz CT molecular complexity index is 95.0. The van der Waals surface area contributed by atoms with Crippen LogP contribution in [0.3, 0.4) is 0 Å². The van der Waals surface area contributed by atoms with E-state index in [1.165, 1.54) is 0 Å². The molecule has 0 spiro atoms. The lowest BCUT2D eigenvalue weighted by molar-refractivity contribution is 0.238. The van der Waals surface area contributed by atoms with Gasteiger partial charge in [-0.25, -0.2) is 4.79 Å². The van der Waals surface area contributed by atoms with Crippen LogP contribution in [-0.4, -0.2) is 23.8 Å². The first-order valence-electron chi connectivity index (χ1n) is 2.83. The Morgan fingerprint density at radius 1 is 1.89 bits per heavy atom. The number of rotatable bonds is 3. The van der Waals surface area contributed by atoms with Crippen LogP contribution >= 0.6 is 0 Å². The van der Waals surface area contributed by atoms with Crippen molar-refractivity contribution in [3.05, 3.63) is 0 Å². The first-order valence-corrected chi connectivity index (χ1v) is 2.83. The highest BCUT2D eigenvalue weighted by atomic mass is 16.3. The zero-order valence-electron chi connectivity index (χ0n) is 5.42. The maximum Gasteiger partial charge on any atom is 0.312 e. The number of hydrogen-bond donors (Lipinski definition) is 3. The van der Waals surface area contributed by atoms with Crippen LogP contribution in [0.5, 0.6) is 0 Å². The van der Waals surface area contributed by atoms with Crippen LogP contribution in [0.15, 0.2) is 0 Å². The zero-order valence-corrected chi connectivity index (χ0v) is 5.42. The van der Waals surface area contributed by atoms with Gasteiger partial charge in [-0.2, -0.15) is 0 Å². The summed E-state index contributed by atoms with van der Waals surface area (Å²) in [5, 5.41) is 10.8. The molecule has 4 N–H and O–H groups in total. The summed E-state index contributed by atoms with van der Waals surface area (Å²) in [4.78, 5) is 10.1. The second kappa shape index (κ2) is 4.14. The van der Waals surface area contributed by atoms with Crippen LogP contribution in [0.2, 0.25) is 0 Å². The Hall–Kier alpha value is -0.770. The summed E-state index contributed by atoms with van der Waals surface area (Å²) in [5.41, 5.74) is 4.79. The minimum Gasteiger partial charge on any atom is -0.396 e. The van der Waals surface area contributed by atoms with Crippen LogP contribution in [0.1, 0.15) is 13.3 Å². The average Bonchev–Trinajstić information content (AvgIpc) is 1.63. The van der Waals surface area contributed by atoms with Crippen molar-refractivity contribution in [3.8, 4) is 0 Å². The second-order valence-electron chi connectivity index (χ2n) is 1.92. The normalized spacial score (nSPS) is 12.7. The first-order chi connectivity index (χ1) is 4.16. The highest BCUT2D eigenvalue weighted by Gasteiger charge is 2.00. The summed E-state index contributed by atoms with van der Waals surface area (Å²) in [5.74, 6) is 0. The molecule has 9 heavy (non-hydrogen) atoms. The monoisotopic (exact) mass is 132 g/mol. The molecule has 0 unspecified atom stereocenters. The van der Waals surface area contributed by atoms with Crippen LogP contribution in [-0.2, 0) is 0 Å². The minimum absolute atomic E-state index is 0.0347. The predicted octanol–water partition coefficient (Wildman–Crippen LogP) is -0.574. The van der Waals surface area contributed by atoms with E-state index in [4.69, 9.17) is 10.8 Å². The van der Waals surface area contributed by atoms with E-state index >= 15 is 0 Å². The second-order valence-corrected chi connectivity index (χ2v) is 1.92. The molecule has 0 aliphatic heterocycles. The predicted molar refractivity (Wildman–Crippen MR) is 33.9 cm³/mol. The molecule has 0 saturated heterocycles. The van der Waals surface area contributed by atoms with Crippen molar-refractivity contribution in [2.75, 3.05) is 6.61 Å². The fraction of sp³-hybridized carbons (Fsp3) is 0.800. The Balaban J connectivity index is 3.26. The maximum absolute atomic E-state index is 10.1. The fourth-order valence-corrected chi connectivity index (χ4v) is 0.509. The third-order valence-corrected chi connectivity index (χ3v) is 0.951. The number of aliphatic hydroxyl groups excluding tert-OH is 1. The summed E-state index contributed by atoms with van der Waals surface area (Å²) in [6.45, 7) is 1.85. The molecule has 0 aliphatic rings. The molecule has 2 amide bonds. The Morgan fingerprint density at radius 3 is 2.78 bits per heavy atom. The lowest BCUT2D eigenvalue weighted by Crippen LogP contribution is -2.37. The van der Waals surface area contributed by atoms with Gasteiger partial charge in [0, 0.05) is 12.6 Å². The van der Waals surface area contributed by atoms with Crippen molar-refractivity contribution in [2.45, 2.75) is 19.4 Å². The van der Waals surface area contributed by atoms with Gasteiger partial charge in [0.05, 0.1) is 0 Å². The van der Waals surface area contributed by atoms with Crippen LogP contribution in [0, 0.1) is 0 Å². The van der Waals surface area contributed by atoms with Crippen molar-refractivity contribution in [2.24, 2.45) is 5.73 Å². The van der Waals surface area contributed by atoms with E-state index in [0.717, 1.165) is 0 Å². The van der Waals surface area contributed by atoms with E-state index in [9.17, 15) is 4.79 Å². The molecule has 0 aromatic rings. The van der Waals surface area contributed by atoms with Crippen molar-refractivity contribution in [1.29, 1.82) is 0 Å². The number of amides is 2. The van der Waals surface area contributed by atoms with Crippen molar-refractivity contribution in [1.82, 2.24) is 5.32 Å². The van der Waals surface area contributed by atoms with Gasteiger partial charge in [-0.1, -0.05) is 0 Å². The number of nitrogens with two attached hydrogens (primary N) is 1. The van der Waals surface area contributed by atoms with E-state index in [2.05, 4.69) is 5.32 Å². The summed E-state index contributed by atoms with van der Waals surface area (Å²) in [7, 11) is 0. The number of carbonyl (C=O) groups excluding carboxylic acids is 1. The molecule has 0 rings (SSSR count). The van der Waals surface area contributed by atoms with Gasteiger partial charge in [0.1, 0.15) is 0 Å². The van der Waals surface area contributed by atoms with E-state index in [-0.39, 0.29) is 12.6 Å². The summed E-state index contributed by atoms with van der Waals surface area (Å²) < 4.78 is 0. The van der Waals surface area contributed by atoms with Crippen molar-refractivity contribution >= 4 is 6.03 Å². The van der Waals surface area contributed by atoms with Gasteiger partial charge >= 0.3 is 6.03 Å². The molecule has 1 atom stereocenters. The van der Waals surface area contributed by atoms with E-state index in [0.29, 0.717) is 6.42 Å². The number of urea groups is 1. The third kappa shape index (κ3) is 5.10. The lowest BCUT2D eigenvalue weighted by Gasteiger charge is -2.08. The van der Waals surface area contributed by atoms with Gasteiger partial charge in [0.25, 0.3) is 0 Å². The van der Waals surface area contributed by atoms with Gasteiger partial charge in [-0.15, -0.1) is 0 Å². The third-order valence-electron chi connectivity index (χ3n) is 0.951. The smallest absolute Gasteiger partial charge is 0.312 e. The maximum atomic E-state index is 10.1. The SMILES string of the molecule is C[C@H](CCO)NC(N)=O. The Morgan fingerprint density at radius 2 is 2.44 bits per heavy atom. The highest BCUT2D eigenvalue weighted by molar-refractivity contribution is 5.71. The molecule has 0 aromatic heterocycles. The molecule has 54 valence electrons. The highest BCUT2D eigenvalue weighted by Crippen LogP contribution is 1.85. The average molecular weight is 132 g/mol. The quantitative estimate of drug-likeness (QED) is 0.480. The molecule has 0 saturated carbocycles. The van der Waals surface area contributed by atoms with Gasteiger partial charge in [0.15, 0.2) is 0 Å². The van der Waals surface area contributed by atoms with Gasteiger partial charge in [-0.3, -0.25) is 0 Å². The molecule has 0 radical (unpaired) electrons. The largest absolute Gasteiger partial charge is 0.396 e. The van der Waals surface area contributed by atoms with E-state index in [1.54, 1.807) is 6.92 Å². The summed E-state index contributed by atoms with van der Waals surface area (Å²) in [6.07, 6.45) is 0.545. The first kappa shape index (κ1) is 8.23. The molecule has 0 bridgehead atoms. The number of aliphatic hydroxyl groups is 1. The minimum atomic E-state index is -0.545. The Kier molecular flexibility index (Phi) is 3.79. The van der Waals surface area contributed by atoms with Gasteiger partial charge < -0.3 is 16.2 Å². The van der Waals surface area contributed by atoms with E-state index in [1.807, 2.05) is 0 Å². The zero-order chi connectivity index (χ0) is 7.28. The van der Waals surface area contributed by atoms with Crippen LogP contribution in [0.25, 0.3) is 0 Å². The molecule has 0 aliphatic carbocycles. The van der Waals surface area contributed by atoms with Crippen molar-refractivity contribution in [3.63, 3.8) is 0 Å². The number of nitrogens with one attached hydrogen (secondary N) is 1. The lowest BCUT2D eigenvalue weighted by atomic mass is 10.2. The molecule has 0 aromatic carbocycles. The Labute approximate surface area is 54.0 Å². The number of carbonyl (C=O) groups is 1. The van der Waals surface area contributed by atoms with Crippen molar-refractivity contribution < 1.29 is 9.90 Å². The fourth-order valence-electron chi connectivity index (χ4n) is 0.509.